The van der Waals surface area contributed by atoms with Crippen molar-refractivity contribution >= 4 is 49.7 Å². The Hall–Kier alpha value is -4.46. The molecule has 1 amide bonds. The molecule has 4 aromatic heterocycles. The van der Waals surface area contributed by atoms with Gasteiger partial charge in [-0.1, -0.05) is 0 Å². The monoisotopic (exact) mass is 521 g/mol. The number of nitrogen functional groups attached to an aromatic ring is 1. The Morgan fingerprint density at radius 3 is 2.86 bits per heavy atom. The average molecular weight is 522 g/mol. The Labute approximate surface area is 211 Å². The molecule has 190 valence electrons. The maximum Gasteiger partial charge on any atom is 0.241 e. The van der Waals surface area contributed by atoms with E-state index in [4.69, 9.17) is 10.5 Å². The molecule has 37 heavy (non-hydrogen) atoms. The fourth-order valence-electron chi connectivity index (χ4n) is 4.41. The van der Waals surface area contributed by atoms with Gasteiger partial charge >= 0.3 is 0 Å². The van der Waals surface area contributed by atoms with Crippen LogP contribution >= 0.6 is 0 Å². The summed E-state index contributed by atoms with van der Waals surface area (Å²) in [5, 5.41) is 14.9. The summed E-state index contributed by atoms with van der Waals surface area (Å²) in [6.45, 7) is 2.59. The van der Waals surface area contributed by atoms with E-state index >= 15 is 0 Å². The van der Waals surface area contributed by atoms with Crippen molar-refractivity contribution in [3.8, 4) is 17.1 Å². The number of nitrogens with two attached hydrogens (primary N) is 1. The van der Waals surface area contributed by atoms with Crippen LogP contribution in [-0.4, -0.2) is 57.4 Å². The highest BCUT2D eigenvalue weighted by Crippen LogP contribution is 2.36. The summed E-state index contributed by atoms with van der Waals surface area (Å²) >= 11 is 0. The van der Waals surface area contributed by atoms with Gasteiger partial charge in [0.15, 0.2) is 11.8 Å². The number of amides is 1. The molecule has 0 spiro atoms. The van der Waals surface area contributed by atoms with Gasteiger partial charge in [0.25, 0.3) is 0 Å². The largest absolute Gasteiger partial charge is 0.460 e. The number of carbonyl (C=O) groups is 1. The van der Waals surface area contributed by atoms with Crippen LogP contribution in [0.25, 0.3) is 22.0 Å². The van der Waals surface area contributed by atoms with Crippen LogP contribution in [0.15, 0.2) is 30.6 Å². The molecule has 0 aromatic carbocycles. The van der Waals surface area contributed by atoms with Crippen LogP contribution in [0.3, 0.4) is 0 Å². The van der Waals surface area contributed by atoms with Crippen molar-refractivity contribution in [1.82, 2.24) is 30.0 Å². The lowest BCUT2D eigenvalue weighted by Gasteiger charge is -2.14. The number of sulfone groups is 1. The van der Waals surface area contributed by atoms with Crippen molar-refractivity contribution in [3.05, 3.63) is 41.9 Å². The Kier molecular flexibility index (Phi) is 5.33. The van der Waals surface area contributed by atoms with Crippen LogP contribution in [-0.2, 0) is 27.6 Å². The average Bonchev–Trinajstić information content (AvgIpc) is 3.01. The zero-order valence-electron chi connectivity index (χ0n) is 19.8. The van der Waals surface area contributed by atoms with Crippen molar-refractivity contribution in [2.75, 3.05) is 34.7 Å². The minimum atomic E-state index is -3.40. The number of nitrogens with one attached hydrogen (secondary N) is 3. The highest BCUT2D eigenvalue weighted by Gasteiger charge is 2.23. The summed E-state index contributed by atoms with van der Waals surface area (Å²) in [5.74, 6) is 0.913. The third kappa shape index (κ3) is 4.35. The number of fused-ring (bicyclic) bond motifs is 3. The lowest BCUT2D eigenvalue weighted by molar-refractivity contribution is -0.121. The summed E-state index contributed by atoms with van der Waals surface area (Å²) < 4.78 is 31.0. The predicted octanol–water partition coefficient (Wildman–Crippen LogP) is 1.33. The molecule has 14 heteroatoms. The van der Waals surface area contributed by atoms with Crippen LogP contribution in [0.5, 0.6) is 5.88 Å². The zero-order valence-corrected chi connectivity index (χ0v) is 20.6. The topological polar surface area (TPSA) is 179 Å². The fourth-order valence-corrected chi connectivity index (χ4v) is 5.15. The molecule has 6 rings (SSSR count). The van der Waals surface area contributed by atoms with E-state index in [9.17, 15) is 13.2 Å². The van der Waals surface area contributed by atoms with E-state index in [1.165, 1.54) is 0 Å². The second-order valence-electron chi connectivity index (χ2n) is 8.89. The molecule has 0 aliphatic carbocycles. The van der Waals surface area contributed by atoms with E-state index < -0.39 is 15.8 Å². The Balaban J connectivity index is 1.34. The smallest absolute Gasteiger partial charge is 0.241 e. The van der Waals surface area contributed by atoms with Crippen LogP contribution in [0.2, 0.25) is 0 Å². The lowest BCUT2D eigenvalue weighted by Crippen LogP contribution is -2.25. The molecule has 5 N–H and O–H groups in total. The number of pyridine rings is 3. The third-order valence-corrected chi connectivity index (χ3v) is 7.35. The number of ether oxygens (including phenoxy) is 1. The fraction of sp³-hybridized carbons (Fsp3) is 0.261. The molecule has 2 aliphatic rings. The maximum absolute atomic E-state index is 12.0. The van der Waals surface area contributed by atoms with Crippen LogP contribution in [0.4, 0.5) is 23.1 Å². The predicted molar refractivity (Wildman–Crippen MR) is 137 cm³/mol. The highest BCUT2D eigenvalue weighted by molar-refractivity contribution is 7.91. The number of carbonyl (C=O) groups excluding carboxylic acids is 1. The van der Waals surface area contributed by atoms with Crippen molar-refractivity contribution < 1.29 is 17.9 Å². The summed E-state index contributed by atoms with van der Waals surface area (Å²) in [6.07, 6.45) is 3.92. The number of rotatable bonds is 3. The maximum atomic E-state index is 12.0. The minimum absolute atomic E-state index is 0.0706. The normalized spacial score (nSPS) is 16.4. The number of nitrogens with zero attached hydrogens (tertiary/aromatic N) is 5. The van der Waals surface area contributed by atoms with Crippen molar-refractivity contribution in [2.45, 2.75) is 19.9 Å². The molecule has 6 heterocycles. The Bertz CT molecular complexity index is 1680. The van der Waals surface area contributed by atoms with Crippen LogP contribution < -0.4 is 26.4 Å². The molecule has 4 aromatic rings. The van der Waals surface area contributed by atoms with Gasteiger partial charge in [-0.05, 0) is 30.0 Å². The van der Waals surface area contributed by atoms with Gasteiger partial charge in [-0.15, -0.1) is 0 Å². The first kappa shape index (κ1) is 23.0. The van der Waals surface area contributed by atoms with Gasteiger partial charge in [0, 0.05) is 48.1 Å². The van der Waals surface area contributed by atoms with E-state index in [0.717, 1.165) is 16.6 Å². The van der Waals surface area contributed by atoms with Gasteiger partial charge in [-0.25, -0.2) is 23.4 Å². The molecule has 0 bridgehead atoms. The van der Waals surface area contributed by atoms with Gasteiger partial charge in [-0.3, -0.25) is 9.48 Å². The van der Waals surface area contributed by atoms with Crippen molar-refractivity contribution in [3.63, 3.8) is 0 Å². The molecule has 0 radical (unpaired) electrons. The minimum Gasteiger partial charge on any atom is -0.460 e. The van der Waals surface area contributed by atoms with Crippen LogP contribution in [0.1, 0.15) is 11.3 Å². The number of hydrogen-bond donors (Lipinski definition) is 4. The SMILES string of the molecule is Cc1c(-c2cc3cc(Nc4cc5n(n4)CC(=O)NCC5)ncc3c(N)n2)cnc2c1NCS(=O)(=O)CO2. The van der Waals surface area contributed by atoms with E-state index in [2.05, 4.69) is 36.0 Å². The van der Waals surface area contributed by atoms with Gasteiger partial charge in [-0.2, -0.15) is 5.10 Å². The summed E-state index contributed by atoms with van der Waals surface area (Å²) in [7, 11) is -3.40. The molecule has 0 saturated heterocycles. The lowest BCUT2D eigenvalue weighted by atomic mass is 10.0. The standard InChI is InChI=1S/C23H23N9O4S/c1-12-15(7-27-23-21(12)28-10-37(34,35)11-36-23)17-4-13-5-18(26-8-16(13)22(24)29-17)30-19-6-14-2-3-25-20(33)9-32(14)31-19/h4-8,28H,2-3,9-11H2,1H3,(H2,24,29)(H,25,33)(H,26,30,31). The first-order valence-corrected chi connectivity index (χ1v) is 13.3. The van der Waals surface area contributed by atoms with Gasteiger partial charge in [0.05, 0.1) is 5.69 Å². The van der Waals surface area contributed by atoms with Crippen molar-refractivity contribution in [1.29, 1.82) is 0 Å². The van der Waals surface area contributed by atoms with Gasteiger partial charge in [0.2, 0.25) is 21.6 Å². The van der Waals surface area contributed by atoms with Gasteiger partial charge in [0.1, 0.15) is 29.7 Å². The molecule has 0 unspecified atom stereocenters. The van der Waals surface area contributed by atoms with E-state index in [0.29, 0.717) is 52.8 Å². The molecule has 0 fully saturated rings. The van der Waals surface area contributed by atoms with Crippen LogP contribution in [0, 0.1) is 6.92 Å². The second kappa shape index (κ2) is 8.58. The highest BCUT2D eigenvalue weighted by atomic mass is 32.2. The second-order valence-corrected chi connectivity index (χ2v) is 10.9. The first-order valence-electron chi connectivity index (χ1n) is 11.5. The third-order valence-electron chi connectivity index (χ3n) is 6.28. The molecular formula is C23H23N9O4S. The summed E-state index contributed by atoms with van der Waals surface area (Å²) in [5.41, 5.74) is 9.73. The number of aromatic nitrogens is 5. The quantitative estimate of drug-likeness (QED) is 0.305. The van der Waals surface area contributed by atoms with Gasteiger partial charge < -0.3 is 26.4 Å². The number of anilines is 4. The van der Waals surface area contributed by atoms with E-state index in [-0.39, 0.29) is 24.2 Å². The Morgan fingerprint density at radius 2 is 2.00 bits per heavy atom. The molecule has 2 aliphatic heterocycles. The molecule has 13 nitrogen and oxygen atoms in total. The molecular weight excluding hydrogens is 498 g/mol. The summed E-state index contributed by atoms with van der Waals surface area (Å²) in [4.78, 5) is 25.1. The van der Waals surface area contributed by atoms with E-state index in [1.807, 2.05) is 25.1 Å². The van der Waals surface area contributed by atoms with E-state index in [1.54, 1.807) is 17.1 Å². The Morgan fingerprint density at radius 1 is 1.14 bits per heavy atom. The zero-order chi connectivity index (χ0) is 25.7. The molecule has 0 saturated carbocycles. The summed E-state index contributed by atoms with van der Waals surface area (Å²) in [6, 6.07) is 5.61. The number of hydrogen-bond acceptors (Lipinski definition) is 11. The first-order chi connectivity index (χ1) is 17.8. The van der Waals surface area contributed by atoms with Crippen molar-refractivity contribution in [2.24, 2.45) is 0 Å². The molecule has 0 atom stereocenters.